The van der Waals surface area contributed by atoms with Gasteiger partial charge in [0.2, 0.25) is 0 Å². The summed E-state index contributed by atoms with van der Waals surface area (Å²) < 4.78 is 35.6. The lowest BCUT2D eigenvalue weighted by Crippen LogP contribution is -2.59. The molecule has 0 bridgehead atoms. The second-order valence-corrected chi connectivity index (χ2v) is 30.4. The molecule has 1 aromatic rings. The summed E-state index contributed by atoms with van der Waals surface area (Å²) in [5, 5.41) is -0.197. The van der Waals surface area contributed by atoms with Gasteiger partial charge in [0.1, 0.15) is 18.3 Å². The smallest absolute Gasteiger partial charge is 0.332 e. The average molecular weight is 615 g/mol. The molecule has 3 heterocycles. The van der Waals surface area contributed by atoms with Crippen LogP contribution in [0.2, 0.25) is 54.4 Å². The fourth-order valence-corrected chi connectivity index (χ4v) is 7.80. The van der Waals surface area contributed by atoms with Gasteiger partial charge in [-0.15, -0.1) is 0 Å². The molecule has 2 aliphatic heterocycles. The van der Waals surface area contributed by atoms with Gasteiger partial charge in [0.25, 0.3) is 11.5 Å². The first kappa shape index (κ1) is 33.6. The quantitative estimate of drug-likeness (QED) is 0.383. The Labute approximate surface area is 243 Å². The Hall–Kier alpha value is -0.869. The van der Waals surface area contributed by atoms with E-state index in [4.69, 9.17) is 22.8 Å². The van der Waals surface area contributed by atoms with Crippen molar-refractivity contribution in [1.82, 2.24) is 9.55 Å². The summed E-state index contributed by atoms with van der Waals surface area (Å²) in [5.41, 5.74) is -0.598. The van der Waals surface area contributed by atoms with Crippen LogP contribution in [-0.4, -0.2) is 59.4 Å². The van der Waals surface area contributed by atoms with Gasteiger partial charge in [-0.1, -0.05) is 62.3 Å². The van der Waals surface area contributed by atoms with E-state index in [1.807, 2.05) is 0 Å². The van der Waals surface area contributed by atoms with E-state index >= 15 is 0 Å². The summed E-state index contributed by atoms with van der Waals surface area (Å²) in [6.45, 7) is 33.3. The zero-order valence-electron chi connectivity index (χ0n) is 27.5. The van der Waals surface area contributed by atoms with Crippen LogP contribution in [0.15, 0.2) is 15.7 Å². The lowest BCUT2D eigenvalue weighted by Gasteiger charge is -2.45. The summed E-state index contributed by atoms with van der Waals surface area (Å²) in [6.07, 6.45) is -1.85. The molecule has 9 nitrogen and oxygen atoms in total. The summed E-state index contributed by atoms with van der Waals surface area (Å²) in [6, 6.07) is 1.39. The van der Waals surface area contributed by atoms with E-state index in [0.29, 0.717) is 5.69 Å². The average Bonchev–Trinajstić information content (AvgIpc) is 3.22. The predicted octanol–water partition coefficient (Wildman–Crippen LogP) is 5.88. The fraction of sp³-hybridized carbons (Fsp3) is 0.857. The van der Waals surface area contributed by atoms with Crippen molar-refractivity contribution in [2.45, 2.75) is 148 Å². The minimum atomic E-state index is -2.44. The van der Waals surface area contributed by atoms with Crippen molar-refractivity contribution in [2.24, 2.45) is 0 Å². The molecule has 1 saturated heterocycles. The van der Waals surface area contributed by atoms with Gasteiger partial charge >= 0.3 is 5.69 Å². The zero-order valence-corrected chi connectivity index (χ0v) is 30.5. The molecule has 230 valence electrons. The van der Waals surface area contributed by atoms with Crippen molar-refractivity contribution in [3.05, 3.63) is 32.6 Å². The molecule has 0 aliphatic carbocycles. The molecule has 0 radical (unpaired) electrons. The highest BCUT2D eigenvalue weighted by Gasteiger charge is 2.65. The number of nitrogens with zero attached hydrogens (tertiary/aromatic N) is 1. The maximum atomic E-state index is 13.4. The molecule has 2 aliphatic rings. The molecule has 0 unspecified atom stereocenters. The Bertz CT molecular complexity index is 1200. The van der Waals surface area contributed by atoms with Gasteiger partial charge in [0, 0.05) is 6.07 Å². The van der Waals surface area contributed by atoms with Crippen LogP contribution in [0.3, 0.4) is 0 Å². The van der Waals surface area contributed by atoms with Crippen molar-refractivity contribution in [1.29, 1.82) is 0 Å². The molecule has 12 heteroatoms. The van der Waals surface area contributed by atoms with Gasteiger partial charge < -0.3 is 22.8 Å². The highest BCUT2D eigenvalue weighted by Crippen LogP contribution is 2.50. The number of nitrogens with one attached hydrogen (secondary N) is 1. The minimum Gasteiger partial charge on any atom is -0.414 e. The van der Waals surface area contributed by atoms with Crippen LogP contribution < -0.4 is 11.2 Å². The van der Waals surface area contributed by atoms with E-state index in [9.17, 15) is 9.59 Å². The number of hydrogen-bond acceptors (Lipinski definition) is 7. The number of fused-ring (bicyclic) bond motifs is 2. The number of hydrogen-bond donors (Lipinski definition) is 1. The van der Waals surface area contributed by atoms with E-state index in [1.165, 1.54) is 10.6 Å². The highest BCUT2D eigenvalue weighted by molar-refractivity contribution is 6.75. The first-order valence-corrected chi connectivity index (χ1v) is 23.2. The first-order valence-electron chi connectivity index (χ1n) is 14.4. The molecule has 4 atom stereocenters. The number of rotatable bonds is 7. The number of aromatic nitrogens is 2. The molecule has 3 rings (SSSR count). The molecule has 40 heavy (non-hydrogen) atoms. The SMILES string of the molecule is CC(C)(C)[Si](C)(C)OC[C@H]1O[C@]2(OCc3cc(=O)[nH]c(=O)n32)[C@H](O[Si](C)(C)C(C)(C)C)[C@@H]1O[Si](C)(C)C(C)(C)C. The Balaban J connectivity index is 2.22. The van der Waals surface area contributed by atoms with Gasteiger partial charge in [-0.25, -0.2) is 9.36 Å². The third kappa shape index (κ3) is 6.10. The number of ether oxygens (including phenoxy) is 2. The maximum absolute atomic E-state index is 13.4. The van der Waals surface area contributed by atoms with E-state index in [2.05, 4.69) is 107 Å². The van der Waals surface area contributed by atoms with Crippen molar-refractivity contribution in [3.8, 4) is 0 Å². The Morgan fingerprint density at radius 3 is 1.88 bits per heavy atom. The lowest BCUT2D eigenvalue weighted by atomic mass is 10.1. The van der Waals surface area contributed by atoms with Crippen LogP contribution in [0.25, 0.3) is 0 Å². The Morgan fingerprint density at radius 2 is 1.38 bits per heavy atom. The summed E-state index contributed by atoms with van der Waals surface area (Å²) >= 11 is 0. The van der Waals surface area contributed by atoms with Crippen LogP contribution in [0, 0.1) is 0 Å². The maximum Gasteiger partial charge on any atom is 0.332 e. The van der Waals surface area contributed by atoms with Gasteiger partial charge in [-0.3, -0.25) is 9.78 Å². The van der Waals surface area contributed by atoms with Crippen LogP contribution in [0.1, 0.15) is 68.0 Å². The van der Waals surface area contributed by atoms with E-state index in [-0.39, 0.29) is 28.3 Å². The van der Waals surface area contributed by atoms with Gasteiger partial charge in [-0.2, -0.15) is 0 Å². The van der Waals surface area contributed by atoms with Crippen molar-refractivity contribution < 1.29 is 22.8 Å². The standard InChI is InChI=1S/C28H54N2O7Si3/c1-25(2,3)38(10,11)34-18-20-22(36-39(12,13)26(4,5)6)23(37-40(14,15)27(7,8)9)28(35-20)30-19(17-33-28)16-21(31)29-24(30)32/h16,20,22-23H,17-18H2,1-15H3,(H,29,31,32)/t20-,22-,23-,28-/m1/s1. The predicted molar refractivity (Wildman–Crippen MR) is 166 cm³/mol. The molecule has 1 N–H and O–H groups in total. The molecule has 0 amide bonds. The Morgan fingerprint density at radius 1 is 0.875 bits per heavy atom. The zero-order chi connectivity index (χ0) is 30.9. The third-order valence-corrected chi connectivity index (χ3v) is 23.4. The van der Waals surface area contributed by atoms with Crippen molar-refractivity contribution in [2.75, 3.05) is 6.61 Å². The first-order chi connectivity index (χ1) is 17.8. The summed E-state index contributed by atoms with van der Waals surface area (Å²) in [5.74, 6) is -1.58. The van der Waals surface area contributed by atoms with E-state index in [0.717, 1.165) is 0 Å². The normalized spacial score (nSPS) is 26.5. The van der Waals surface area contributed by atoms with Gasteiger partial charge in [-0.05, 0) is 54.4 Å². The monoisotopic (exact) mass is 614 g/mol. The molecule has 0 saturated carbocycles. The van der Waals surface area contributed by atoms with Crippen LogP contribution >= 0.6 is 0 Å². The molecular formula is C28H54N2O7Si3. The summed E-state index contributed by atoms with van der Waals surface area (Å²) in [7, 11) is -6.95. The van der Waals surface area contributed by atoms with Crippen LogP contribution in [-0.2, 0) is 35.3 Å². The van der Waals surface area contributed by atoms with Gasteiger partial charge in [0.15, 0.2) is 25.0 Å². The topological polar surface area (TPSA) is 101 Å². The van der Waals surface area contributed by atoms with Gasteiger partial charge in [0.05, 0.1) is 18.9 Å². The fourth-order valence-electron chi connectivity index (χ4n) is 4.21. The van der Waals surface area contributed by atoms with E-state index < -0.39 is 60.4 Å². The molecule has 1 fully saturated rings. The van der Waals surface area contributed by atoms with E-state index in [1.54, 1.807) is 0 Å². The molecule has 1 aromatic heterocycles. The number of aromatic amines is 1. The van der Waals surface area contributed by atoms with Crippen molar-refractivity contribution >= 4 is 25.0 Å². The summed E-state index contributed by atoms with van der Waals surface area (Å²) in [4.78, 5) is 28.0. The Kier molecular flexibility index (Phi) is 8.74. The van der Waals surface area contributed by atoms with Crippen molar-refractivity contribution in [3.63, 3.8) is 0 Å². The van der Waals surface area contributed by atoms with Crippen LogP contribution in [0.4, 0.5) is 0 Å². The van der Waals surface area contributed by atoms with Crippen LogP contribution in [0.5, 0.6) is 0 Å². The highest BCUT2D eigenvalue weighted by atomic mass is 28.4. The molecular weight excluding hydrogens is 561 g/mol. The molecule has 1 spiro atoms. The lowest BCUT2D eigenvalue weighted by molar-refractivity contribution is -0.299. The second-order valence-electron chi connectivity index (χ2n) is 16.1. The second kappa shape index (κ2) is 10.4. The molecule has 0 aromatic carbocycles. The third-order valence-electron chi connectivity index (χ3n) is 9.98. The largest absolute Gasteiger partial charge is 0.414 e. The minimum absolute atomic E-state index is 0.00298. The number of H-pyrrole nitrogens is 1.